The first-order valence-electron chi connectivity index (χ1n) is 7.16. The molecule has 2 saturated heterocycles. The van der Waals surface area contributed by atoms with Crippen LogP contribution in [0.25, 0.3) is 0 Å². The summed E-state index contributed by atoms with van der Waals surface area (Å²) in [6, 6.07) is 4.21. The molecule has 0 aromatic carbocycles. The maximum atomic E-state index is 12.7. The van der Waals surface area contributed by atoms with Gasteiger partial charge in [-0.15, -0.1) is 11.3 Å². The van der Waals surface area contributed by atoms with Gasteiger partial charge in [0.05, 0.1) is 13.2 Å². The average Bonchev–Trinajstić information content (AvgIpc) is 2.92. The van der Waals surface area contributed by atoms with Crippen LogP contribution < -0.4 is 0 Å². The molecule has 0 amide bonds. The van der Waals surface area contributed by atoms with E-state index in [1.54, 1.807) is 19.9 Å². The van der Waals surface area contributed by atoms with Crippen LogP contribution in [0.1, 0.15) is 16.5 Å². The molecule has 1 atom stereocenters. The summed E-state index contributed by atoms with van der Waals surface area (Å²) >= 11 is 3.63. The van der Waals surface area contributed by atoms with Gasteiger partial charge in [-0.2, -0.15) is 28.8 Å². The molecule has 5 nitrogen and oxygen atoms in total. The summed E-state index contributed by atoms with van der Waals surface area (Å²) in [6.45, 7) is 3.15. The Morgan fingerprint density at radius 2 is 1.90 bits per heavy atom. The third-order valence-electron chi connectivity index (χ3n) is 3.78. The third kappa shape index (κ3) is 3.62. The zero-order valence-electron chi connectivity index (χ0n) is 11.8. The van der Waals surface area contributed by atoms with Gasteiger partial charge in [-0.05, 0) is 17.9 Å². The molecule has 1 aromatic heterocycles. The van der Waals surface area contributed by atoms with Gasteiger partial charge in [0, 0.05) is 42.1 Å². The molecule has 0 aliphatic carbocycles. The summed E-state index contributed by atoms with van der Waals surface area (Å²) in [7, 11) is -3.32. The van der Waals surface area contributed by atoms with Crippen molar-refractivity contribution >= 4 is 33.3 Å². The largest absolute Gasteiger partial charge is 0.379 e. The van der Waals surface area contributed by atoms with E-state index in [1.807, 2.05) is 11.8 Å². The molecule has 2 fully saturated rings. The van der Waals surface area contributed by atoms with Crippen molar-refractivity contribution in [3.05, 3.63) is 22.4 Å². The van der Waals surface area contributed by atoms with E-state index in [9.17, 15) is 8.42 Å². The Hall–Kier alpha value is -0.120. The van der Waals surface area contributed by atoms with Crippen LogP contribution in [0.2, 0.25) is 0 Å². The van der Waals surface area contributed by atoms with E-state index in [4.69, 9.17) is 4.74 Å². The van der Waals surface area contributed by atoms with Gasteiger partial charge in [0.2, 0.25) is 0 Å². The van der Waals surface area contributed by atoms with Crippen molar-refractivity contribution in [1.82, 2.24) is 8.61 Å². The zero-order chi connectivity index (χ0) is 14.7. The van der Waals surface area contributed by atoms with Gasteiger partial charge in [0.25, 0.3) is 10.2 Å². The number of ether oxygens (including phenoxy) is 1. The van der Waals surface area contributed by atoms with E-state index >= 15 is 0 Å². The molecule has 2 aliphatic rings. The lowest BCUT2D eigenvalue weighted by molar-refractivity contribution is 0.0703. The van der Waals surface area contributed by atoms with Crippen molar-refractivity contribution in [3.63, 3.8) is 0 Å². The standard InChI is InChI=1S/C13H20N2O3S3/c16-21(17,15-5-8-18-9-6-15)14-4-3-13(20-11-7-14)12-2-1-10-19-12/h1-2,10,13H,3-9,11H2/t13-/m0/s1. The van der Waals surface area contributed by atoms with Crippen LogP contribution in [0.3, 0.4) is 0 Å². The summed E-state index contributed by atoms with van der Waals surface area (Å²) in [5, 5.41) is 2.51. The minimum Gasteiger partial charge on any atom is -0.379 e. The highest BCUT2D eigenvalue weighted by Crippen LogP contribution is 2.37. The zero-order valence-corrected chi connectivity index (χ0v) is 14.3. The Labute approximate surface area is 134 Å². The molecule has 8 heteroatoms. The number of thioether (sulfide) groups is 1. The van der Waals surface area contributed by atoms with Gasteiger partial charge in [0.15, 0.2) is 0 Å². The van der Waals surface area contributed by atoms with Crippen LogP contribution >= 0.6 is 23.1 Å². The second-order valence-electron chi connectivity index (χ2n) is 5.08. The van der Waals surface area contributed by atoms with Crippen LogP contribution in [-0.4, -0.2) is 62.2 Å². The normalized spacial score (nSPS) is 26.6. The fourth-order valence-corrected chi connectivity index (χ4v) is 6.57. The molecule has 1 aromatic rings. The Morgan fingerprint density at radius 1 is 1.14 bits per heavy atom. The monoisotopic (exact) mass is 348 g/mol. The first-order valence-corrected chi connectivity index (χ1v) is 10.5. The average molecular weight is 349 g/mol. The van der Waals surface area contributed by atoms with Crippen LogP contribution in [0.4, 0.5) is 0 Å². The molecule has 21 heavy (non-hydrogen) atoms. The molecular weight excluding hydrogens is 328 g/mol. The minimum absolute atomic E-state index is 0.426. The molecule has 0 unspecified atom stereocenters. The van der Waals surface area contributed by atoms with E-state index in [-0.39, 0.29) is 0 Å². The second-order valence-corrected chi connectivity index (χ2v) is 9.30. The molecule has 3 heterocycles. The van der Waals surface area contributed by atoms with Crippen LogP contribution in [0.5, 0.6) is 0 Å². The molecule has 118 valence electrons. The van der Waals surface area contributed by atoms with Gasteiger partial charge < -0.3 is 4.74 Å². The summed E-state index contributed by atoms with van der Waals surface area (Å²) in [5.74, 6) is 0.853. The molecule has 0 bridgehead atoms. The van der Waals surface area contributed by atoms with Gasteiger partial charge in [-0.25, -0.2) is 0 Å². The molecule has 0 saturated carbocycles. The van der Waals surface area contributed by atoms with Crippen molar-refractivity contribution in [2.45, 2.75) is 11.7 Å². The summed E-state index contributed by atoms with van der Waals surface area (Å²) in [4.78, 5) is 1.35. The predicted octanol–water partition coefficient (Wildman–Crippen LogP) is 1.81. The van der Waals surface area contributed by atoms with Crippen LogP contribution in [0.15, 0.2) is 17.5 Å². The molecular formula is C13H20N2O3S3. The number of morpholine rings is 1. The Morgan fingerprint density at radius 3 is 2.62 bits per heavy atom. The topological polar surface area (TPSA) is 49.9 Å². The van der Waals surface area contributed by atoms with Gasteiger partial charge in [0.1, 0.15) is 0 Å². The highest BCUT2D eigenvalue weighted by atomic mass is 32.2. The van der Waals surface area contributed by atoms with Gasteiger partial charge in [-0.3, -0.25) is 0 Å². The lowest BCUT2D eigenvalue weighted by atomic mass is 10.2. The molecule has 0 spiro atoms. The van der Waals surface area contributed by atoms with Crippen molar-refractivity contribution in [2.75, 3.05) is 45.1 Å². The number of thiophene rings is 1. The van der Waals surface area contributed by atoms with Crippen molar-refractivity contribution in [1.29, 1.82) is 0 Å². The summed E-state index contributed by atoms with van der Waals surface area (Å²) < 4.78 is 33.8. The predicted molar refractivity (Wildman–Crippen MR) is 87.0 cm³/mol. The van der Waals surface area contributed by atoms with E-state index in [2.05, 4.69) is 17.5 Å². The highest BCUT2D eigenvalue weighted by molar-refractivity contribution is 7.99. The van der Waals surface area contributed by atoms with Gasteiger partial charge in [-0.1, -0.05) is 6.07 Å². The molecule has 2 aliphatic heterocycles. The fraction of sp³-hybridized carbons (Fsp3) is 0.692. The second kappa shape index (κ2) is 6.97. The lowest BCUT2D eigenvalue weighted by Crippen LogP contribution is -2.49. The van der Waals surface area contributed by atoms with E-state index in [0.717, 1.165) is 12.2 Å². The number of hydrogen-bond donors (Lipinski definition) is 0. The van der Waals surface area contributed by atoms with E-state index in [1.165, 1.54) is 4.88 Å². The van der Waals surface area contributed by atoms with Crippen LogP contribution in [-0.2, 0) is 14.9 Å². The fourth-order valence-electron chi connectivity index (χ4n) is 2.62. The third-order valence-corrected chi connectivity index (χ3v) is 8.26. The van der Waals surface area contributed by atoms with Crippen molar-refractivity contribution in [2.24, 2.45) is 0 Å². The number of nitrogens with zero attached hydrogens (tertiary/aromatic N) is 2. The minimum atomic E-state index is -3.32. The maximum absolute atomic E-state index is 12.7. The molecule has 0 radical (unpaired) electrons. The van der Waals surface area contributed by atoms with Crippen LogP contribution in [0, 0.1) is 0 Å². The summed E-state index contributed by atoms with van der Waals surface area (Å²) in [5.41, 5.74) is 0. The molecule has 3 rings (SSSR count). The highest BCUT2D eigenvalue weighted by Gasteiger charge is 2.32. The molecule has 0 N–H and O–H groups in total. The smallest absolute Gasteiger partial charge is 0.282 e. The Bertz CT molecular complexity index is 541. The lowest BCUT2D eigenvalue weighted by Gasteiger charge is -2.31. The number of rotatable bonds is 3. The SMILES string of the molecule is O=S(=O)(N1CCOCC1)N1CCS[C@H](c2cccs2)CC1. The maximum Gasteiger partial charge on any atom is 0.282 e. The van der Waals surface area contributed by atoms with E-state index < -0.39 is 10.2 Å². The van der Waals surface area contributed by atoms with Gasteiger partial charge >= 0.3 is 0 Å². The quantitative estimate of drug-likeness (QED) is 0.836. The Balaban J connectivity index is 1.66. The van der Waals surface area contributed by atoms with Crippen molar-refractivity contribution in [3.8, 4) is 0 Å². The van der Waals surface area contributed by atoms with E-state index in [0.29, 0.717) is 44.6 Å². The first-order chi connectivity index (χ1) is 10.2. The Kier molecular flexibility index (Phi) is 5.23. The summed E-state index contributed by atoms with van der Waals surface area (Å²) in [6.07, 6.45) is 0.884. The number of hydrogen-bond acceptors (Lipinski definition) is 5. The first kappa shape index (κ1) is 15.8. The van der Waals surface area contributed by atoms with Crippen molar-refractivity contribution < 1.29 is 13.2 Å².